The van der Waals surface area contributed by atoms with E-state index in [1.54, 1.807) is 18.9 Å². The van der Waals surface area contributed by atoms with Crippen molar-refractivity contribution in [3.8, 4) is 5.75 Å². The molecule has 200 valence electrons. The van der Waals surface area contributed by atoms with E-state index in [2.05, 4.69) is 27.5 Å². The van der Waals surface area contributed by atoms with Crippen molar-refractivity contribution in [1.82, 2.24) is 19.9 Å². The average Bonchev–Trinajstić information content (AvgIpc) is 3.13. The number of amides is 1. The Morgan fingerprint density at radius 2 is 1.81 bits per heavy atom. The van der Waals surface area contributed by atoms with E-state index in [-0.39, 0.29) is 29.7 Å². The molecule has 2 heterocycles. The molecule has 0 aliphatic carbocycles. The summed E-state index contributed by atoms with van der Waals surface area (Å²) < 4.78 is 10.9. The van der Waals surface area contributed by atoms with Crippen molar-refractivity contribution >= 4 is 40.1 Å². The molecule has 0 spiro atoms. The number of nitrogens with one attached hydrogen (secondary N) is 2. The van der Waals surface area contributed by atoms with Crippen LogP contribution in [0.4, 0.5) is 17.3 Å². The van der Waals surface area contributed by atoms with Crippen molar-refractivity contribution in [1.29, 1.82) is 0 Å². The van der Waals surface area contributed by atoms with Crippen LogP contribution in [0.1, 0.15) is 76.9 Å². The summed E-state index contributed by atoms with van der Waals surface area (Å²) >= 11 is 0. The molecule has 0 aliphatic heterocycles. The van der Waals surface area contributed by atoms with Gasteiger partial charge in [0.2, 0.25) is 5.91 Å². The van der Waals surface area contributed by atoms with E-state index in [1.807, 2.05) is 32.9 Å². The number of benzene rings is 1. The van der Waals surface area contributed by atoms with Gasteiger partial charge in [-0.1, -0.05) is 24.6 Å². The molecular formula is C26H36N6O5. The van der Waals surface area contributed by atoms with Crippen molar-refractivity contribution < 1.29 is 23.9 Å². The van der Waals surface area contributed by atoms with Gasteiger partial charge in [0.25, 0.3) is 0 Å². The number of fused-ring (bicyclic) bond motifs is 1. The maximum atomic E-state index is 12.8. The number of anilines is 3. The molecule has 3 aromatic rings. The minimum absolute atomic E-state index is 0.0108. The number of ether oxygens (including phenoxy) is 2. The fraction of sp³-hybridized carbons (Fsp3) is 0.500. The van der Waals surface area contributed by atoms with Crippen LogP contribution in [0.15, 0.2) is 18.5 Å². The Bertz CT molecular complexity index is 1260. The molecular weight excluding hydrogens is 476 g/mol. The lowest BCUT2D eigenvalue weighted by atomic mass is 10.1. The van der Waals surface area contributed by atoms with Gasteiger partial charge in [-0.05, 0) is 46.6 Å². The van der Waals surface area contributed by atoms with Gasteiger partial charge in [-0.2, -0.15) is 0 Å². The van der Waals surface area contributed by atoms with Crippen LogP contribution < -0.4 is 20.2 Å². The summed E-state index contributed by atoms with van der Waals surface area (Å²) in [7, 11) is 1.55. The zero-order chi connectivity index (χ0) is 27.2. The van der Waals surface area contributed by atoms with E-state index in [0.717, 1.165) is 42.3 Å². The van der Waals surface area contributed by atoms with E-state index < -0.39 is 11.6 Å². The van der Waals surface area contributed by atoms with E-state index in [0.29, 0.717) is 11.4 Å². The first-order chi connectivity index (χ1) is 17.6. The van der Waals surface area contributed by atoms with Gasteiger partial charge in [0, 0.05) is 18.4 Å². The van der Waals surface area contributed by atoms with Crippen LogP contribution in [0, 0.1) is 0 Å². The van der Waals surface area contributed by atoms with E-state index in [9.17, 15) is 9.59 Å². The maximum Gasteiger partial charge on any atom is 0.345 e. The number of hydrogen-bond acceptors (Lipinski definition) is 9. The summed E-state index contributed by atoms with van der Waals surface area (Å²) in [5.41, 5.74) is 1.76. The van der Waals surface area contributed by atoms with Gasteiger partial charge in [0.15, 0.2) is 11.6 Å². The van der Waals surface area contributed by atoms with Crippen LogP contribution in [0.3, 0.4) is 0 Å². The van der Waals surface area contributed by atoms with Crippen molar-refractivity contribution in [3.05, 3.63) is 29.7 Å². The molecule has 0 saturated carbocycles. The molecule has 1 amide bonds. The van der Waals surface area contributed by atoms with E-state index in [4.69, 9.17) is 19.4 Å². The van der Waals surface area contributed by atoms with Crippen molar-refractivity contribution in [2.45, 2.75) is 72.8 Å². The molecule has 37 heavy (non-hydrogen) atoms. The van der Waals surface area contributed by atoms with Crippen LogP contribution in [-0.2, 0) is 16.0 Å². The predicted molar refractivity (Wildman–Crippen MR) is 141 cm³/mol. The van der Waals surface area contributed by atoms with E-state index >= 15 is 0 Å². The van der Waals surface area contributed by atoms with Crippen LogP contribution in [0.2, 0.25) is 0 Å². The lowest BCUT2D eigenvalue weighted by Crippen LogP contribution is -2.32. The highest BCUT2D eigenvalue weighted by molar-refractivity contribution is 6.04. The highest BCUT2D eigenvalue weighted by Crippen LogP contribution is 2.36. The number of hydrogen-bond donors (Lipinski definition) is 2. The first kappa shape index (κ1) is 27.7. The number of carbonyl (C=O) groups is 2. The van der Waals surface area contributed by atoms with Crippen molar-refractivity contribution in [2.24, 2.45) is 0 Å². The molecule has 11 nitrogen and oxygen atoms in total. The van der Waals surface area contributed by atoms with Gasteiger partial charge in [0.1, 0.15) is 28.8 Å². The van der Waals surface area contributed by atoms with Crippen molar-refractivity contribution in [3.63, 3.8) is 0 Å². The quantitative estimate of drug-likeness (QED) is 0.278. The molecule has 0 unspecified atom stereocenters. The van der Waals surface area contributed by atoms with Gasteiger partial charge in [-0.25, -0.2) is 14.8 Å². The molecule has 3 rings (SSSR count). The highest BCUT2D eigenvalue weighted by Gasteiger charge is 2.24. The third kappa shape index (κ3) is 6.87. The number of aryl methyl sites for hydroxylation is 1. The number of unbranched alkanes of at least 4 members (excludes halogenated alkanes) is 2. The van der Waals surface area contributed by atoms with Gasteiger partial charge in [-0.15, -0.1) is 5.10 Å². The van der Waals surface area contributed by atoms with Gasteiger partial charge in [-0.3, -0.25) is 4.79 Å². The van der Waals surface area contributed by atoms with E-state index in [1.165, 1.54) is 13.3 Å². The van der Waals surface area contributed by atoms with Crippen LogP contribution in [0.5, 0.6) is 5.75 Å². The number of aromatic nitrogens is 4. The largest absolute Gasteiger partial charge is 0.494 e. The fourth-order valence-electron chi connectivity index (χ4n) is 3.76. The second-order valence-corrected chi connectivity index (χ2v) is 9.52. The molecule has 2 aromatic heterocycles. The second-order valence-electron chi connectivity index (χ2n) is 9.52. The molecule has 0 aliphatic rings. The summed E-state index contributed by atoms with van der Waals surface area (Å²) in [6.45, 7) is 11.2. The Kier molecular flexibility index (Phi) is 8.90. The Morgan fingerprint density at radius 1 is 1.08 bits per heavy atom. The molecule has 1 aromatic carbocycles. The number of methoxy groups -OCH3 is 1. The fourth-order valence-corrected chi connectivity index (χ4v) is 3.76. The summed E-state index contributed by atoms with van der Waals surface area (Å²) in [6.07, 6.45) is 5.22. The van der Waals surface area contributed by atoms with Gasteiger partial charge >= 0.3 is 5.97 Å². The minimum Gasteiger partial charge on any atom is -0.494 e. The molecule has 11 heteroatoms. The first-order valence-corrected chi connectivity index (χ1v) is 12.4. The maximum absolute atomic E-state index is 12.8. The minimum atomic E-state index is -0.666. The Balaban J connectivity index is 2.14. The summed E-state index contributed by atoms with van der Waals surface area (Å²) in [6, 6.07) is 3.74. The SMILES string of the molecule is CCCCCc1nn(OC(C)(C)C)c2cc(OC)c(Nc3ncnc(NC(C)=O)c3C(=O)OCC)cc12. The van der Waals surface area contributed by atoms with Gasteiger partial charge < -0.3 is 24.9 Å². The average molecular weight is 513 g/mol. The second kappa shape index (κ2) is 11.9. The lowest BCUT2D eigenvalue weighted by molar-refractivity contribution is -0.114. The molecule has 0 saturated heterocycles. The third-order valence-electron chi connectivity index (χ3n) is 5.30. The Labute approximate surface area is 216 Å². The molecule has 2 N–H and O–H groups in total. The number of nitrogens with zero attached hydrogens (tertiary/aromatic N) is 4. The summed E-state index contributed by atoms with van der Waals surface area (Å²) in [5, 5.41) is 11.4. The highest BCUT2D eigenvalue weighted by atomic mass is 16.7. The monoisotopic (exact) mass is 512 g/mol. The van der Waals surface area contributed by atoms with Crippen molar-refractivity contribution in [2.75, 3.05) is 24.4 Å². The number of carbonyl (C=O) groups excluding carboxylic acids is 2. The lowest BCUT2D eigenvalue weighted by Gasteiger charge is -2.20. The normalized spacial score (nSPS) is 11.3. The van der Waals surface area contributed by atoms with Gasteiger partial charge in [0.05, 0.1) is 25.1 Å². The zero-order valence-electron chi connectivity index (χ0n) is 22.6. The molecule has 0 bridgehead atoms. The molecule has 0 atom stereocenters. The number of rotatable bonds is 11. The molecule has 0 fully saturated rings. The number of esters is 1. The van der Waals surface area contributed by atoms with Crippen LogP contribution in [-0.4, -0.2) is 51.1 Å². The Hall–Kier alpha value is -3.89. The summed E-state index contributed by atoms with van der Waals surface area (Å²) in [4.78, 5) is 40.5. The smallest absolute Gasteiger partial charge is 0.345 e. The zero-order valence-corrected chi connectivity index (χ0v) is 22.6. The predicted octanol–water partition coefficient (Wildman–Crippen LogP) is 4.67. The Morgan fingerprint density at radius 3 is 2.43 bits per heavy atom. The first-order valence-electron chi connectivity index (χ1n) is 12.4. The topological polar surface area (TPSA) is 129 Å². The summed E-state index contributed by atoms with van der Waals surface area (Å²) in [5.74, 6) is -0.338. The standard InChI is InChI=1S/C26H36N6O5/c1-8-10-11-12-18-17-13-19(21(35-7)14-20(17)32(31-18)37-26(4,5)6)30-24-22(25(34)36-9-2)23(27-15-28-24)29-16(3)33/h13-15H,8-12H2,1-7H3,(H2,27,28,29,30,33). The molecule has 0 radical (unpaired) electrons. The van der Waals surface area contributed by atoms with Crippen LogP contribution >= 0.6 is 0 Å². The van der Waals surface area contributed by atoms with Crippen LogP contribution in [0.25, 0.3) is 10.9 Å². The third-order valence-corrected chi connectivity index (χ3v) is 5.30.